The monoisotopic (exact) mass is 551 g/mol. The number of nitrogens with zero attached hydrogens (tertiary/aromatic N) is 2. The highest BCUT2D eigenvalue weighted by atomic mass is 15.0. The van der Waals surface area contributed by atoms with Gasteiger partial charge in [-0.2, -0.15) is 0 Å². The lowest BCUT2D eigenvalue weighted by Crippen LogP contribution is -2.26. The van der Waals surface area contributed by atoms with E-state index in [1.807, 2.05) is 48.5 Å². The number of amidine groups is 2. The van der Waals surface area contributed by atoms with Gasteiger partial charge in [-0.3, -0.25) is 4.99 Å². The van der Waals surface area contributed by atoms with E-state index in [2.05, 4.69) is 103 Å². The molecular formula is C40H29N3. The summed E-state index contributed by atoms with van der Waals surface area (Å²) >= 11 is 0. The molecule has 0 amide bonds. The van der Waals surface area contributed by atoms with Crippen LogP contribution in [0.4, 0.5) is 0 Å². The smallest absolute Gasteiger partial charge is 0.157 e. The molecule has 6 aromatic rings. The first-order valence-corrected chi connectivity index (χ1v) is 14.7. The van der Waals surface area contributed by atoms with Gasteiger partial charge in [0.1, 0.15) is 5.84 Å². The van der Waals surface area contributed by atoms with Crippen molar-refractivity contribution in [1.29, 1.82) is 0 Å². The van der Waals surface area contributed by atoms with Crippen molar-refractivity contribution in [1.82, 2.24) is 0 Å². The summed E-state index contributed by atoms with van der Waals surface area (Å²) in [4.78, 5) is 10.0. The molecule has 0 unspecified atom stereocenters. The molecule has 0 saturated carbocycles. The lowest BCUT2D eigenvalue weighted by molar-refractivity contribution is 0.793. The second-order valence-corrected chi connectivity index (χ2v) is 11.1. The Kier molecular flexibility index (Phi) is 5.90. The summed E-state index contributed by atoms with van der Waals surface area (Å²) in [7, 11) is 0. The Morgan fingerprint density at radius 1 is 0.488 bits per heavy atom. The first-order chi connectivity index (χ1) is 21.2. The SMILES string of the molecule is NC(=NC(=NCc1ccccc1)c1ccc2c(c1)C1(c3ccccc3-c3ccccc31)c1ccccc1-2)c1ccccc1. The van der Waals surface area contributed by atoms with Crippen molar-refractivity contribution in [2.24, 2.45) is 15.7 Å². The Labute approximate surface area is 251 Å². The van der Waals surface area contributed by atoms with Gasteiger partial charge in [0.25, 0.3) is 0 Å². The van der Waals surface area contributed by atoms with Crippen LogP contribution in [-0.4, -0.2) is 11.7 Å². The Balaban J connectivity index is 1.37. The predicted octanol–water partition coefficient (Wildman–Crippen LogP) is 8.38. The molecule has 0 saturated heterocycles. The lowest BCUT2D eigenvalue weighted by atomic mass is 9.70. The molecule has 3 heteroatoms. The van der Waals surface area contributed by atoms with E-state index < -0.39 is 5.41 Å². The molecule has 0 radical (unpaired) electrons. The fourth-order valence-electron chi connectivity index (χ4n) is 6.96. The predicted molar refractivity (Wildman–Crippen MR) is 177 cm³/mol. The number of nitrogens with two attached hydrogens (primary N) is 1. The number of benzene rings is 6. The topological polar surface area (TPSA) is 50.7 Å². The summed E-state index contributed by atoms with van der Waals surface area (Å²) in [6.07, 6.45) is 0. The Hall–Kier alpha value is -5.54. The van der Waals surface area contributed by atoms with Gasteiger partial charge in [0.05, 0.1) is 12.0 Å². The molecule has 0 atom stereocenters. The van der Waals surface area contributed by atoms with Crippen LogP contribution in [0.15, 0.2) is 162 Å². The van der Waals surface area contributed by atoms with Gasteiger partial charge in [0.2, 0.25) is 0 Å². The normalized spacial score (nSPS) is 14.2. The van der Waals surface area contributed by atoms with Crippen molar-refractivity contribution in [3.63, 3.8) is 0 Å². The fraction of sp³-hybridized carbons (Fsp3) is 0.0500. The number of aliphatic imine (C=N–C) groups is 2. The van der Waals surface area contributed by atoms with Crippen molar-refractivity contribution in [2.75, 3.05) is 0 Å². The molecule has 0 fully saturated rings. The minimum atomic E-state index is -0.422. The van der Waals surface area contributed by atoms with Crippen LogP contribution < -0.4 is 5.73 Å². The van der Waals surface area contributed by atoms with Gasteiger partial charge in [-0.05, 0) is 56.1 Å². The first kappa shape index (κ1) is 25.2. The molecule has 6 aromatic carbocycles. The van der Waals surface area contributed by atoms with E-state index in [9.17, 15) is 0 Å². The summed E-state index contributed by atoms with van der Waals surface area (Å²) in [6, 6.07) is 53.4. The molecule has 0 aromatic heterocycles. The standard InChI is InChI=1S/C40H29N3/c41-38(28-15-5-2-6-16-28)43-39(42-26-27-13-3-1-4-14-27)29-23-24-33-32-19-9-12-22-36(32)40(37(33)25-29)34-20-10-7-17-30(34)31-18-8-11-21-35(31)40/h1-25H,26H2,(H2,41,42,43). The van der Waals surface area contributed by atoms with Crippen LogP contribution in [0.1, 0.15) is 38.9 Å². The van der Waals surface area contributed by atoms with Crippen LogP contribution in [0.5, 0.6) is 0 Å². The Morgan fingerprint density at radius 3 is 1.56 bits per heavy atom. The van der Waals surface area contributed by atoms with E-state index in [0.717, 1.165) is 16.7 Å². The molecule has 0 bridgehead atoms. The van der Waals surface area contributed by atoms with Crippen LogP contribution in [0, 0.1) is 0 Å². The molecule has 8 rings (SSSR count). The van der Waals surface area contributed by atoms with E-state index in [1.54, 1.807) is 0 Å². The molecule has 43 heavy (non-hydrogen) atoms. The highest BCUT2D eigenvalue weighted by molar-refractivity contribution is 6.11. The Bertz CT molecular complexity index is 1990. The third-order valence-corrected chi connectivity index (χ3v) is 8.81. The quantitative estimate of drug-likeness (QED) is 0.173. The van der Waals surface area contributed by atoms with Crippen molar-refractivity contribution >= 4 is 11.7 Å². The number of fused-ring (bicyclic) bond motifs is 10. The van der Waals surface area contributed by atoms with E-state index in [0.29, 0.717) is 18.2 Å². The third-order valence-electron chi connectivity index (χ3n) is 8.81. The fourth-order valence-corrected chi connectivity index (χ4v) is 6.96. The summed E-state index contributed by atoms with van der Waals surface area (Å²) in [5.74, 6) is 1.07. The van der Waals surface area contributed by atoms with Gasteiger partial charge in [-0.25, -0.2) is 4.99 Å². The van der Waals surface area contributed by atoms with Crippen LogP contribution in [-0.2, 0) is 12.0 Å². The average Bonchev–Trinajstić information content (AvgIpc) is 3.54. The third kappa shape index (κ3) is 3.89. The van der Waals surface area contributed by atoms with Crippen LogP contribution in [0.25, 0.3) is 22.3 Å². The van der Waals surface area contributed by atoms with Crippen molar-refractivity contribution in [3.8, 4) is 22.3 Å². The van der Waals surface area contributed by atoms with Crippen molar-refractivity contribution in [2.45, 2.75) is 12.0 Å². The second kappa shape index (κ2) is 10.1. The molecule has 0 heterocycles. The van der Waals surface area contributed by atoms with Gasteiger partial charge in [0, 0.05) is 11.1 Å². The molecule has 204 valence electrons. The maximum absolute atomic E-state index is 6.60. The van der Waals surface area contributed by atoms with E-state index in [4.69, 9.17) is 15.7 Å². The average molecular weight is 552 g/mol. The highest BCUT2D eigenvalue weighted by Crippen LogP contribution is 2.62. The van der Waals surface area contributed by atoms with Gasteiger partial charge in [0.15, 0.2) is 5.84 Å². The number of hydrogen-bond acceptors (Lipinski definition) is 1. The second-order valence-electron chi connectivity index (χ2n) is 11.1. The first-order valence-electron chi connectivity index (χ1n) is 14.7. The van der Waals surface area contributed by atoms with Crippen LogP contribution >= 0.6 is 0 Å². The largest absolute Gasteiger partial charge is 0.383 e. The van der Waals surface area contributed by atoms with E-state index >= 15 is 0 Å². The van der Waals surface area contributed by atoms with Crippen LogP contribution in [0.3, 0.4) is 0 Å². The molecule has 3 nitrogen and oxygen atoms in total. The summed E-state index contributed by atoms with van der Waals surface area (Å²) < 4.78 is 0. The zero-order valence-electron chi connectivity index (χ0n) is 23.6. The summed E-state index contributed by atoms with van der Waals surface area (Å²) in [6.45, 7) is 0.510. The van der Waals surface area contributed by atoms with Gasteiger partial charge < -0.3 is 5.73 Å². The van der Waals surface area contributed by atoms with E-state index in [1.165, 1.54) is 44.5 Å². The van der Waals surface area contributed by atoms with Crippen molar-refractivity contribution < 1.29 is 0 Å². The van der Waals surface area contributed by atoms with Crippen LogP contribution in [0.2, 0.25) is 0 Å². The van der Waals surface area contributed by atoms with Crippen molar-refractivity contribution in [3.05, 3.63) is 191 Å². The minimum absolute atomic E-state index is 0.422. The van der Waals surface area contributed by atoms with Gasteiger partial charge >= 0.3 is 0 Å². The zero-order valence-corrected chi connectivity index (χ0v) is 23.6. The molecular weight excluding hydrogens is 522 g/mol. The molecule has 2 aliphatic rings. The lowest BCUT2D eigenvalue weighted by Gasteiger charge is -2.30. The molecule has 2 aliphatic carbocycles. The molecule has 1 spiro atoms. The zero-order chi connectivity index (χ0) is 28.8. The maximum atomic E-state index is 6.60. The molecule has 2 N–H and O–H groups in total. The summed E-state index contributed by atoms with van der Waals surface area (Å²) in [5, 5.41) is 0. The summed E-state index contributed by atoms with van der Waals surface area (Å²) in [5.41, 5.74) is 19.4. The van der Waals surface area contributed by atoms with E-state index in [-0.39, 0.29) is 0 Å². The molecule has 0 aliphatic heterocycles. The Morgan fingerprint density at radius 2 is 0.977 bits per heavy atom. The van der Waals surface area contributed by atoms with Gasteiger partial charge in [-0.1, -0.05) is 146 Å². The minimum Gasteiger partial charge on any atom is -0.383 e. The number of hydrogen-bond donors (Lipinski definition) is 1. The van der Waals surface area contributed by atoms with Gasteiger partial charge in [-0.15, -0.1) is 0 Å². The number of rotatable bonds is 4. The maximum Gasteiger partial charge on any atom is 0.157 e. The highest BCUT2D eigenvalue weighted by Gasteiger charge is 2.51.